The summed E-state index contributed by atoms with van der Waals surface area (Å²) in [6.45, 7) is 0.406. The molecule has 0 aliphatic carbocycles. The van der Waals surface area contributed by atoms with E-state index in [1.807, 2.05) is 36.4 Å². The van der Waals surface area contributed by atoms with Crippen LogP contribution in [0, 0.1) is 5.92 Å². The van der Waals surface area contributed by atoms with Crippen molar-refractivity contribution < 1.29 is 14.7 Å². The summed E-state index contributed by atoms with van der Waals surface area (Å²) >= 11 is 0. The van der Waals surface area contributed by atoms with Gasteiger partial charge in [-0.25, -0.2) is 0 Å². The number of nitrogens with zero attached hydrogens (tertiary/aromatic N) is 2. The molecule has 0 spiro atoms. The van der Waals surface area contributed by atoms with E-state index < -0.39 is 17.9 Å². The topological polar surface area (TPSA) is 70.5 Å². The van der Waals surface area contributed by atoms with Crippen LogP contribution >= 0.6 is 0 Å². The first kappa shape index (κ1) is 14.3. The third-order valence-corrected chi connectivity index (χ3v) is 3.97. The summed E-state index contributed by atoms with van der Waals surface area (Å²) in [5.41, 5.74) is 1.74. The van der Waals surface area contributed by atoms with E-state index in [1.165, 1.54) is 0 Å². The summed E-state index contributed by atoms with van der Waals surface area (Å²) < 4.78 is 0. The Kier molecular flexibility index (Phi) is 3.87. The highest BCUT2D eigenvalue weighted by Crippen LogP contribution is 2.38. The third kappa shape index (κ3) is 2.70. The normalized spacial score (nSPS) is 21.1. The van der Waals surface area contributed by atoms with Gasteiger partial charge < -0.3 is 10.0 Å². The molecule has 112 valence electrons. The van der Waals surface area contributed by atoms with Crippen LogP contribution in [0.2, 0.25) is 0 Å². The van der Waals surface area contributed by atoms with Crippen molar-refractivity contribution in [2.45, 2.75) is 19.0 Å². The zero-order chi connectivity index (χ0) is 15.5. The van der Waals surface area contributed by atoms with Gasteiger partial charge in [0.25, 0.3) is 0 Å². The second-order valence-corrected chi connectivity index (χ2v) is 5.39. The monoisotopic (exact) mass is 296 g/mol. The highest BCUT2D eigenvalue weighted by molar-refractivity contribution is 5.87. The molecule has 1 aliphatic rings. The summed E-state index contributed by atoms with van der Waals surface area (Å²) in [5.74, 6) is -1.82. The summed E-state index contributed by atoms with van der Waals surface area (Å²) in [7, 11) is 0. The zero-order valence-corrected chi connectivity index (χ0v) is 11.9. The Hall–Kier alpha value is -2.69. The molecule has 1 fully saturated rings. The fourth-order valence-corrected chi connectivity index (χ4v) is 2.94. The summed E-state index contributed by atoms with van der Waals surface area (Å²) in [6, 6.07) is 12.7. The van der Waals surface area contributed by atoms with E-state index in [2.05, 4.69) is 4.98 Å². The van der Waals surface area contributed by atoms with Crippen molar-refractivity contribution in [1.29, 1.82) is 0 Å². The molecule has 0 saturated carbocycles. The third-order valence-electron chi connectivity index (χ3n) is 3.97. The number of hydrogen-bond acceptors (Lipinski definition) is 3. The lowest BCUT2D eigenvalue weighted by Crippen LogP contribution is -2.30. The summed E-state index contributed by atoms with van der Waals surface area (Å²) in [4.78, 5) is 29.6. The van der Waals surface area contributed by atoms with Crippen LogP contribution in [0.15, 0.2) is 54.9 Å². The van der Waals surface area contributed by atoms with Crippen molar-refractivity contribution in [2.24, 2.45) is 5.92 Å². The molecule has 2 unspecified atom stereocenters. The van der Waals surface area contributed by atoms with E-state index >= 15 is 0 Å². The van der Waals surface area contributed by atoms with E-state index in [-0.39, 0.29) is 12.3 Å². The SMILES string of the molecule is O=C(O)C1CC(=O)N(Cc2ccccc2)C1c1cccnc1. The zero-order valence-electron chi connectivity index (χ0n) is 11.9. The quantitative estimate of drug-likeness (QED) is 0.939. The van der Waals surface area contributed by atoms with E-state index in [0.29, 0.717) is 6.54 Å². The van der Waals surface area contributed by atoms with E-state index in [9.17, 15) is 14.7 Å². The Bertz CT molecular complexity index is 673. The van der Waals surface area contributed by atoms with Crippen molar-refractivity contribution in [3.63, 3.8) is 0 Å². The minimum Gasteiger partial charge on any atom is -0.481 e. The van der Waals surface area contributed by atoms with Gasteiger partial charge in [-0.15, -0.1) is 0 Å². The fraction of sp³-hybridized carbons (Fsp3) is 0.235. The highest BCUT2D eigenvalue weighted by atomic mass is 16.4. The number of aromatic nitrogens is 1. The fourth-order valence-electron chi connectivity index (χ4n) is 2.94. The minimum absolute atomic E-state index is 0.0295. The molecule has 1 aromatic heterocycles. The van der Waals surface area contributed by atoms with Crippen molar-refractivity contribution >= 4 is 11.9 Å². The molecule has 0 bridgehead atoms. The molecule has 1 aliphatic heterocycles. The van der Waals surface area contributed by atoms with Gasteiger partial charge in [0.15, 0.2) is 0 Å². The number of carbonyl (C=O) groups excluding carboxylic acids is 1. The molecule has 2 heterocycles. The van der Waals surface area contributed by atoms with Gasteiger partial charge in [-0.1, -0.05) is 36.4 Å². The maximum Gasteiger partial charge on any atom is 0.309 e. The highest BCUT2D eigenvalue weighted by Gasteiger charge is 2.44. The maximum atomic E-state index is 12.3. The average Bonchev–Trinajstić information content (AvgIpc) is 2.86. The molecule has 5 nitrogen and oxygen atoms in total. The average molecular weight is 296 g/mol. The van der Waals surface area contributed by atoms with Crippen LogP contribution in [0.1, 0.15) is 23.6 Å². The molecule has 0 radical (unpaired) electrons. The number of likely N-dealkylation sites (tertiary alicyclic amines) is 1. The molecular formula is C17H16N2O3. The Labute approximate surface area is 128 Å². The molecule has 1 N–H and O–H groups in total. The van der Waals surface area contributed by atoms with Gasteiger partial charge >= 0.3 is 5.97 Å². The van der Waals surface area contributed by atoms with Crippen LogP contribution in [-0.2, 0) is 16.1 Å². The van der Waals surface area contributed by atoms with Gasteiger partial charge in [-0.2, -0.15) is 0 Å². The van der Waals surface area contributed by atoms with Crippen molar-refractivity contribution in [2.75, 3.05) is 0 Å². The predicted molar refractivity (Wildman–Crippen MR) is 79.7 cm³/mol. The number of carbonyl (C=O) groups is 2. The number of pyridine rings is 1. The van der Waals surface area contributed by atoms with Crippen molar-refractivity contribution in [3.8, 4) is 0 Å². The largest absolute Gasteiger partial charge is 0.481 e. The maximum absolute atomic E-state index is 12.3. The molecule has 1 saturated heterocycles. The van der Waals surface area contributed by atoms with Gasteiger partial charge in [0, 0.05) is 25.4 Å². The molecule has 22 heavy (non-hydrogen) atoms. The molecule has 2 aromatic rings. The van der Waals surface area contributed by atoms with Crippen LogP contribution < -0.4 is 0 Å². The van der Waals surface area contributed by atoms with Crippen LogP contribution in [0.3, 0.4) is 0 Å². The van der Waals surface area contributed by atoms with E-state index in [1.54, 1.807) is 23.4 Å². The van der Waals surface area contributed by atoms with Gasteiger partial charge in [-0.05, 0) is 17.2 Å². The lowest BCUT2D eigenvalue weighted by Gasteiger charge is -2.27. The number of aliphatic carboxylic acids is 1. The first-order chi connectivity index (χ1) is 10.7. The molecule has 1 aromatic carbocycles. The van der Waals surface area contributed by atoms with Gasteiger partial charge in [0.05, 0.1) is 12.0 Å². The van der Waals surface area contributed by atoms with Gasteiger partial charge in [0.2, 0.25) is 5.91 Å². The molecular weight excluding hydrogens is 280 g/mol. The van der Waals surface area contributed by atoms with Gasteiger partial charge in [-0.3, -0.25) is 14.6 Å². The number of amides is 1. The number of carboxylic acids is 1. The second-order valence-electron chi connectivity index (χ2n) is 5.39. The first-order valence-corrected chi connectivity index (χ1v) is 7.13. The van der Waals surface area contributed by atoms with E-state index in [0.717, 1.165) is 11.1 Å². The summed E-state index contributed by atoms with van der Waals surface area (Å²) in [6.07, 6.45) is 3.30. The number of rotatable bonds is 4. The summed E-state index contributed by atoms with van der Waals surface area (Å²) in [5, 5.41) is 9.45. The first-order valence-electron chi connectivity index (χ1n) is 7.13. The Morgan fingerprint density at radius 3 is 2.64 bits per heavy atom. The molecule has 1 amide bonds. The predicted octanol–water partition coefficient (Wildman–Crippen LogP) is 2.26. The smallest absolute Gasteiger partial charge is 0.309 e. The molecule has 2 atom stereocenters. The van der Waals surface area contributed by atoms with Crippen molar-refractivity contribution in [1.82, 2.24) is 9.88 Å². The lowest BCUT2D eigenvalue weighted by atomic mass is 9.94. The van der Waals surface area contributed by atoms with E-state index in [4.69, 9.17) is 0 Å². The van der Waals surface area contributed by atoms with Crippen LogP contribution in [0.4, 0.5) is 0 Å². The van der Waals surface area contributed by atoms with Crippen molar-refractivity contribution in [3.05, 3.63) is 66.0 Å². The number of benzene rings is 1. The number of hydrogen-bond donors (Lipinski definition) is 1. The van der Waals surface area contributed by atoms with Crippen LogP contribution in [-0.4, -0.2) is 26.9 Å². The standard InChI is InChI=1S/C17H16N2O3/c20-15-9-14(17(21)22)16(13-7-4-8-18-10-13)19(15)11-12-5-2-1-3-6-12/h1-8,10,14,16H,9,11H2,(H,21,22). The van der Waals surface area contributed by atoms with Crippen LogP contribution in [0.5, 0.6) is 0 Å². The molecule has 3 rings (SSSR count). The Morgan fingerprint density at radius 1 is 1.23 bits per heavy atom. The minimum atomic E-state index is -0.947. The van der Waals surface area contributed by atoms with Gasteiger partial charge in [0.1, 0.15) is 0 Å². The number of carboxylic acid groups (broad SMARTS) is 1. The Morgan fingerprint density at radius 2 is 2.00 bits per heavy atom. The lowest BCUT2D eigenvalue weighted by molar-refractivity contribution is -0.142. The van der Waals surface area contributed by atoms with Crippen LogP contribution in [0.25, 0.3) is 0 Å². The molecule has 5 heteroatoms. The second kappa shape index (κ2) is 5.97. The Balaban J connectivity index is 1.95.